The molecule has 1 aromatic rings. The van der Waals surface area contributed by atoms with E-state index in [1.54, 1.807) is 24.5 Å². The first-order chi connectivity index (χ1) is 8.96. The summed E-state index contributed by atoms with van der Waals surface area (Å²) in [4.78, 5) is 19.6. The maximum absolute atomic E-state index is 12.0. The number of carbonyl (C=O) groups excluding carboxylic acids is 1. The Morgan fingerprint density at radius 2 is 2.32 bits per heavy atom. The van der Waals surface area contributed by atoms with Crippen LogP contribution >= 0.6 is 11.8 Å². The largest absolute Gasteiger partial charge is 0.405 e. The van der Waals surface area contributed by atoms with Gasteiger partial charge in [-0.2, -0.15) is 13.2 Å². The topological polar surface area (TPSA) is 54.4 Å². The molecule has 0 bridgehead atoms. The van der Waals surface area contributed by atoms with E-state index < -0.39 is 23.9 Å². The number of halogens is 3. The van der Waals surface area contributed by atoms with Crippen LogP contribution in [0.2, 0.25) is 0 Å². The van der Waals surface area contributed by atoms with Crippen LogP contribution in [0.15, 0.2) is 29.5 Å². The summed E-state index contributed by atoms with van der Waals surface area (Å²) in [5.74, 6) is -0.648. The van der Waals surface area contributed by atoms with Gasteiger partial charge in [-0.25, -0.2) is 0 Å². The van der Waals surface area contributed by atoms with E-state index in [1.807, 2.05) is 5.32 Å². The molecule has 0 spiro atoms. The third kappa shape index (κ3) is 3.95. The summed E-state index contributed by atoms with van der Waals surface area (Å²) in [6, 6.07) is 3.52. The standard InChI is InChI=1S/C11H10F3N3OS/c12-11(13,14)6-17-9(18)8-5-16-10(19-8)7-2-1-3-15-4-7/h1-4,8H,5-6H2,(H,17,18). The van der Waals surface area contributed by atoms with Gasteiger partial charge >= 0.3 is 6.18 Å². The third-order valence-electron chi connectivity index (χ3n) is 2.32. The molecule has 0 aliphatic carbocycles. The first kappa shape index (κ1) is 13.9. The van der Waals surface area contributed by atoms with Gasteiger partial charge in [-0.15, -0.1) is 0 Å². The third-order valence-corrected chi connectivity index (χ3v) is 3.55. The summed E-state index contributed by atoms with van der Waals surface area (Å²) in [6.07, 6.45) is -1.19. The van der Waals surface area contributed by atoms with Gasteiger partial charge < -0.3 is 5.32 Å². The van der Waals surface area contributed by atoms with Crippen molar-refractivity contribution in [2.24, 2.45) is 4.99 Å². The van der Waals surface area contributed by atoms with Crippen molar-refractivity contribution < 1.29 is 18.0 Å². The fourth-order valence-corrected chi connectivity index (χ4v) is 2.48. The summed E-state index contributed by atoms with van der Waals surface area (Å²) in [5.41, 5.74) is 0.763. The lowest BCUT2D eigenvalue weighted by molar-refractivity contribution is -0.137. The van der Waals surface area contributed by atoms with Crippen molar-refractivity contribution in [3.63, 3.8) is 0 Å². The average molecular weight is 289 g/mol. The lowest BCUT2D eigenvalue weighted by Crippen LogP contribution is -2.39. The Kier molecular flexibility index (Phi) is 4.08. The van der Waals surface area contributed by atoms with Crippen LogP contribution in [0.5, 0.6) is 0 Å². The van der Waals surface area contributed by atoms with Gasteiger partial charge in [-0.1, -0.05) is 11.8 Å². The fourth-order valence-electron chi connectivity index (χ4n) is 1.46. The number of alkyl halides is 3. The minimum Gasteiger partial charge on any atom is -0.346 e. The molecule has 1 N–H and O–H groups in total. The summed E-state index contributed by atoms with van der Waals surface area (Å²) in [5, 5.41) is 1.87. The zero-order valence-corrected chi connectivity index (χ0v) is 10.5. The number of aromatic nitrogens is 1. The fraction of sp³-hybridized carbons (Fsp3) is 0.364. The Balaban J connectivity index is 1.89. The predicted molar refractivity (Wildman–Crippen MR) is 66.1 cm³/mol. The molecule has 1 amide bonds. The van der Waals surface area contributed by atoms with Crippen molar-refractivity contribution in [3.8, 4) is 0 Å². The predicted octanol–water partition coefficient (Wildman–Crippen LogP) is 1.62. The zero-order chi connectivity index (χ0) is 13.9. The highest BCUT2D eigenvalue weighted by Gasteiger charge is 2.32. The van der Waals surface area contributed by atoms with E-state index >= 15 is 0 Å². The molecule has 19 heavy (non-hydrogen) atoms. The van der Waals surface area contributed by atoms with Crippen LogP contribution in [0.1, 0.15) is 5.56 Å². The molecule has 2 rings (SSSR count). The van der Waals surface area contributed by atoms with Gasteiger partial charge in [0.15, 0.2) is 0 Å². The van der Waals surface area contributed by atoms with Gasteiger partial charge in [-0.05, 0) is 12.1 Å². The van der Waals surface area contributed by atoms with Crippen molar-refractivity contribution in [2.75, 3.05) is 13.1 Å². The zero-order valence-electron chi connectivity index (χ0n) is 9.65. The summed E-state index contributed by atoms with van der Waals surface area (Å²) >= 11 is 1.15. The number of nitrogens with zero attached hydrogens (tertiary/aromatic N) is 2. The SMILES string of the molecule is O=C(NCC(F)(F)F)C1CN=C(c2cccnc2)S1. The van der Waals surface area contributed by atoms with Crippen molar-refractivity contribution >= 4 is 22.7 Å². The normalized spacial score (nSPS) is 19.1. The summed E-state index contributed by atoms with van der Waals surface area (Å²) in [7, 11) is 0. The van der Waals surface area contributed by atoms with Crippen LogP contribution < -0.4 is 5.32 Å². The first-order valence-corrected chi connectivity index (χ1v) is 6.29. The van der Waals surface area contributed by atoms with Crippen LogP contribution in [0.4, 0.5) is 13.2 Å². The van der Waals surface area contributed by atoms with E-state index in [9.17, 15) is 18.0 Å². The molecule has 0 saturated heterocycles. The number of hydrogen-bond acceptors (Lipinski definition) is 4. The number of thioether (sulfide) groups is 1. The Bertz CT molecular complexity index is 490. The van der Waals surface area contributed by atoms with Gasteiger partial charge in [0, 0.05) is 18.0 Å². The number of nitrogens with one attached hydrogen (secondary N) is 1. The van der Waals surface area contributed by atoms with Crippen LogP contribution in [-0.2, 0) is 4.79 Å². The number of pyridine rings is 1. The van der Waals surface area contributed by atoms with Gasteiger partial charge in [0.25, 0.3) is 0 Å². The Labute approximate surface area is 111 Å². The van der Waals surface area contributed by atoms with E-state index in [-0.39, 0.29) is 6.54 Å². The van der Waals surface area contributed by atoms with Crippen LogP contribution in [0.25, 0.3) is 0 Å². The minimum absolute atomic E-state index is 0.179. The van der Waals surface area contributed by atoms with Crippen molar-refractivity contribution in [3.05, 3.63) is 30.1 Å². The molecule has 0 aromatic carbocycles. The molecule has 1 aliphatic rings. The summed E-state index contributed by atoms with van der Waals surface area (Å²) in [6.45, 7) is -1.14. The molecule has 0 saturated carbocycles. The Morgan fingerprint density at radius 3 is 2.95 bits per heavy atom. The highest BCUT2D eigenvalue weighted by Crippen LogP contribution is 2.25. The molecule has 0 fully saturated rings. The molecule has 8 heteroatoms. The maximum atomic E-state index is 12.0. The number of rotatable bonds is 3. The number of hydrogen-bond donors (Lipinski definition) is 1. The number of carbonyl (C=O) groups is 1. The molecule has 0 radical (unpaired) electrons. The lowest BCUT2D eigenvalue weighted by atomic mass is 10.3. The van der Waals surface area contributed by atoms with Crippen LogP contribution in [0, 0.1) is 0 Å². The van der Waals surface area contributed by atoms with Gasteiger partial charge in [0.1, 0.15) is 16.8 Å². The quantitative estimate of drug-likeness (QED) is 0.920. The second-order valence-corrected chi connectivity index (χ2v) is 5.02. The van der Waals surface area contributed by atoms with Crippen molar-refractivity contribution in [2.45, 2.75) is 11.4 Å². The van der Waals surface area contributed by atoms with Crippen molar-refractivity contribution in [1.29, 1.82) is 0 Å². The minimum atomic E-state index is -4.40. The number of aliphatic imine (C=N–C) groups is 1. The highest BCUT2D eigenvalue weighted by molar-refractivity contribution is 8.15. The average Bonchev–Trinajstić information content (AvgIpc) is 2.86. The van der Waals surface area contributed by atoms with Crippen molar-refractivity contribution in [1.82, 2.24) is 10.3 Å². The Morgan fingerprint density at radius 1 is 1.53 bits per heavy atom. The van der Waals surface area contributed by atoms with E-state index in [0.717, 1.165) is 17.3 Å². The second-order valence-electron chi connectivity index (χ2n) is 3.83. The molecule has 1 atom stereocenters. The molecular weight excluding hydrogens is 279 g/mol. The maximum Gasteiger partial charge on any atom is 0.405 e. The molecule has 102 valence electrons. The van der Waals surface area contributed by atoms with Crippen LogP contribution in [0.3, 0.4) is 0 Å². The van der Waals surface area contributed by atoms with E-state index in [2.05, 4.69) is 9.98 Å². The van der Waals surface area contributed by atoms with E-state index in [1.165, 1.54) is 0 Å². The molecule has 1 unspecified atom stereocenters. The molecule has 2 heterocycles. The van der Waals surface area contributed by atoms with Crippen LogP contribution in [-0.4, -0.2) is 40.5 Å². The van der Waals surface area contributed by atoms with E-state index in [0.29, 0.717) is 5.04 Å². The lowest BCUT2D eigenvalue weighted by Gasteiger charge is -2.11. The summed E-state index contributed by atoms with van der Waals surface area (Å²) < 4.78 is 36.0. The van der Waals surface area contributed by atoms with Gasteiger partial charge in [0.2, 0.25) is 5.91 Å². The monoisotopic (exact) mass is 289 g/mol. The van der Waals surface area contributed by atoms with Gasteiger partial charge in [0.05, 0.1) is 6.54 Å². The molecular formula is C11H10F3N3OS. The van der Waals surface area contributed by atoms with E-state index in [4.69, 9.17) is 0 Å². The highest BCUT2D eigenvalue weighted by atomic mass is 32.2. The molecule has 1 aliphatic heterocycles. The molecule has 1 aromatic heterocycles. The second kappa shape index (κ2) is 5.60. The first-order valence-electron chi connectivity index (χ1n) is 5.42. The smallest absolute Gasteiger partial charge is 0.346 e. The van der Waals surface area contributed by atoms with Gasteiger partial charge in [-0.3, -0.25) is 14.8 Å². The Hall–Kier alpha value is -1.57. The number of amides is 1. The molecule has 4 nitrogen and oxygen atoms in total.